The van der Waals surface area contributed by atoms with Crippen molar-refractivity contribution < 1.29 is 17.9 Å². The minimum absolute atomic E-state index is 0.101. The zero-order valence-electron chi connectivity index (χ0n) is 13.0. The summed E-state index contributed by atoms with van der Waals surface area (Å²) >= 11 is 0. The quantitative estimate of drug-likeness (QED) is 0.877. The van der Waals surface area contributed by atoms with Crippen LogP contribution in [0.2, 0.25) is 0 Å². The summed E-state index contributed by atoms with van der Waals surface area (Å²) in [5.74, 6) is -0.101. The zero-order valence-corrected chi connectivity index (χ0v) is 13.8. The molecule has 1 atom stereocenters. The normalized spacial score (nSPS) is 22.3. The van der Waals surface area contributed by atoms with Crippen molar-refractivity contribution in [1.29, 1.82) is 0 Å². The average molecular weight is 338 g/mol. The van der Waals surface area contributed by atoms with Gasteiger partial charge in [0.05, 0.1) is 4.90 Å². The Balaban J connectivity index is 1.59. The fraction of sp³-hybridized carbons (Fsp3) is 0.562. The predicted octanol–water partition coefficient (Wildman–Crippen LogP) is 1.27. The summed E-state index contributed by atoms with van der Waals surface area (Å²) in [7, 11) is -3.37. The van der Waals surface area contributed by atoms with Gasteiger partial charge >= 0.3 is 0 Å². The first kappa shape index (κ1) is 16.4. The van der Waals surface area contributed by atoms with Gasteiger partial charge in [0.2, 0.25) is 15.9 Å². The minimum atomic E-state index is -3.37. The molecule has 23 heavy (non-hydrogen) atoms. The third-order valence-corrected chi connectivity index (χ3v) is 6.23. The molecule has 0 bridgehead atoms. The number of hydrogen-bond acceptors (Lipinski definition) is 4. The second-order valence-corrected chi connectivity index (χ2v) is 7.91. The van der Waals surface area contributed by atoms with Crippen molar-refractivity contribution in [3.05, 3.63) is 29.8 Å². The first-order valence-corrected chi connectivity index (χ1v) is 9.50. The summed E-state index contributed by atoms with van der Waals surface area (Å²) in [5.41, 5.74) is 0.872. The van der Waals surface area contributed by atoms with Gasteiger partial charge in [-0.2, -0.15) is 4.31 Å². The van der Waals surface area contributed by atoms with Crippen LogP contribution < -0.4 is 5.32 Å². The highest BCUT2D eigenvalue weighted by Crippen LogP contribution is 2.21. The van der Waals surface area contributed by atoms with E-state index >= 15 is 0 Å². The molecule has 7 heteroatoms. The molecule has 1 unspecified atom stereocenters. The largest absolute Gasteiger partial charge is 0.368 e. The van der Waals surface area contributed by atoms with E-state index in [1.165, 1.54) is 4.31 Å². The van der Waals surface area contributed by atoms with Gasteiger partial charge in [-0.15, -0.1) is 0 Å². The van der Waals surface area contributed by atoms with Crippen LogP contribution in [0.4, 0.5) is 0 Å². The van der Waals surface area contributed by atoms with Gasteiger partial charge in [-0.3, -0.25) is 4.79 Å². The van der Waals surface area contributed by atoms with E-state index in [4.69, 9.17) is 4.74 Å². The van der Waals surface area contributed by atoms with Crippen LogP contribution in [-0.2, 0) is 26.1 Å². The Morgan fingerprint density at radius 1 is 1.17 bits per heavy atom. The smallest absolute Gasteiger partial charge is 0.249 e. The van der Waals surface area contributed by atoms with Crippen molar-refractivity contribution in [2.24, 2.45) is 0 Å². The van der Waals surface area contributed by atoms with Crippen molar-refractivity contribution in [2.45, 2.75) is 43.2 Å². The second kappa shape index (κ2) is 6.98. The summed E-state index contributed by atoms with van der Waals surface area (Å²) < 4.78 is 31.7. The zero-order chi connectivity index (χ0) is 16.3. The first-order valence-electron chi connectivity index (χ1n) is 8.06. The van der Waals surface area contributed by atoms with E-state index in [1.807, 2.05) is 0 Å². The third-order valence-electron chi connectivity index (χ3n) is 4.32. The summed E-state index contributed by atoms with van der Waals surface area (Å²) in [6.45, 7) is 2.22. The first-order chi connectivity index (χ1) is 11.1. The number of nitrogens with zero attached hydrogens (tertiary/aromatic N) is 1. The van der Waals surface area contributed by atoms with Crippen molar-refractivity contribution >= 4 is 15.9 Å². The molecule has 1 aromatic carbocycles. The number of ether oxygens (including phenoxy) is 1. The summed E-state index contributed by atoms with van der Waals surface area (Å²) in [4.78, 5) is 12.2. The van der Waals surface area contributed by atoms with Gasteiger partial charge in [0.1, 0.15) is 6.10 Å². The van der Waals surface area contributed by atoms with Gasteiger partial charge in [-0.05, 0) is 43.4 Å². The molecule has 1 N–H and O–H groups in total. The topological polar surface area (TPSA) is 75.7 Å². The summed E-state index contributed by atoms with van der Waals surface area (Å²) in [6, 6.07) is 6.72. The van der Waals surface area contributed by atoms with E-state index < -0.39 is 10.0 Å². The molecule has 0 aromatic heterocycles. The molecule has 2 aliphatic heterocycles. The lowest BCUT2D eigenvalue weighted by molar-refractivity contribution is -0.130. The molecule has 1 aromatic rings. The molecular weight excluding hydrogens is 316 g/mol. The van der Waals surface area contributed by atoms with Crippen LogP contribution in [0.15, 0.2) is 29.2 Å². The van der Waals surface area contributed by atoms with Crippen LogP contribution >= 0.6 is 0 Å². The van der Waals surface area contributed by atoms with E-state index in [0.717, 1.165) is 31.2 Å². The molecule has 126 valence electrons. The Bertz CT molecular complexity index is 645. The highest BCUT2D eigenvalue weighted by atomic mass is 32.2. The fourth-order valence-electron chi connectivity index (χ4n) is 2.94. The minimum Gasteiger partial charge on any atom is -0.368 e. The SMILES string of the molecule is O=C(NCc1ccc(S(=O)(=O)N2CCCC2)cc1)C1CCCO1. The highest BCUT2D eigenvalue weighted by molar-refractivity contribution is 7.89. The van der Waals surface area contributed by atoms with E-state index in [-0.39, 0.29) is 12.0 Å². The number of sulfonamides is 1. The number of nitrogens with one attached hydrogen (secondary N) is 1. The Labute approximate surface area is 136 Å². The molecule has 2 heterocycles. The van der Waals surface area contributed by atoms with Crippen molar-refractivity contribution in [3.8, 4) is 0 Å². The monoisotopic (exact) mass is 338 g/mol. The fourth-order valence-corrected chi connectivity index (χ4v) is 4.46. The van der Waals surface area contributed by atoms with Crippen molar-refractivity contribution in [3.63, 3.8) is 0 Å². The number of rotatable bonds is 5. The van der Waals surface area contributed by atoms with E-state index in [2.05, 4.69) is 5.32 Å². The maximum absolute atomic E-state index is 12.4. The maximum Gasteiger partial charge on any atom is 0.249 e. The van der Waals surface area contributed by atoms with Crippen LogP contribution in [0.1, 0.15) is 31.2 Å². The lowest BCUT2D eigenvalue weighted by atomic mass is 10.2. The van der Waals surface area contributed by atoms with E-state index in [9.17, 15) is 13.2 Å². The molecule has 2 fully saturated rings. The van der Waals surface area contributed by atoms with Crippen LogP contribution in [-0.4, -0.2) is 44.4 Å². The second-order valence-electron chi connectivity index (χ2n) is 5.97. The summed E-state index contributed by atoms with van der Waals surface area (Å²) in [6.07, 6.45) is 3.18. The summed E-state index contributed by atoms with van der Waals surface area (Å²) in [5, 5.41) is 2.83. The van der Waals surface area contributed by atoms with Gasteiger partial charge in [0.15, 0.2) is 0 Å². The van der Waals surface area contributed by atoms with Gasteiger partial charge in [-0.1, -0.05) is 12.1 Å². The van der Waals surface area contributed by atoms with Crippen LogP contribution in [0, 0.1) is 0 Å². The van der Waals surface area contributed by atoms with Gasteiger partial charge in [-0.25, -0.2) is 8.42 Å². The number of benzene rings is 1. The molecule has 0 radical (unpaired) electrons. The van der Waals surface area contributed by atoms with E-state index in [0.29, 0.717) is 31.1 Å². The molecule has 0 spiro atoms. The lowest BCUT2D eigenvalue weighted by Gasteiger charge is -2.16. The molecule has 6 nitrogen and oxygen atoms in total. The number of carbonyl (C=O) groups is 1. The average Bonchev–Trinajstić information content (AvgIpc) is 3.25. The maximum atomic E-state index is 12.4. The molecule has 0 saturated carbocycles. The molecule has 3 rings (SSSR count). The highest BCUT2D eigenvalue weighted by Gasteiger charge is 2.27. The number of amides is 1. The van der Waals surface area contributed by atoms with Gasteiger partial charge < -0.3 is 10.1 Å². The Kier molecular flexibility index (Phi) is 4.99. The lowest BCUT2D eigenvalue weighted by Crippen LogP contribution is -2.33. The Morgan fingerprint density at radius 2 is 1.87 bits per heavy atom. The van der Waals surface area contributed by atoms with Crippen LogP contribution in [0.25, 0.3) is 0 Å². The number of hydrogen-bond donors (Lipinski definition) is 1. The standard InChI is InChI=1S/C16H22N2O4S/c19-16(15-4-3-11-22-15)17-12-13-5-7-14(8-6-13)23(20,21)18-9-1-2-10-18/h5-8,15H,1-4,9-12H2,(H,17,19). The molecular formula is C16H22N2O4S. The number of carbonyl (C=O) groups excluding carboxylic acids is 1. The predicted molar refractivity (Wildman–Crippen MR) is 85.3 cm³/mol. The van der Waals surface area contributed by atoms with E-state index in [1.54, 1.807) is 24.3 Å². The van der Waals surface area contributed by atoms with Gasteiger partial charge in [0.25, 0.3) is 0 Å². The van der Waals surface area contributed by atoms with Gasteiger partial charge in [0, 0.05) is 26.2 Å². The Morgan fingerprint density at radius 3 is 2.48 bits per heavy atom. The van der Waals surface area contributed by atoms with Crippen LogP contribution in [0.5, 0.6) is 0 Å². The Hall–Kier alpha value is -1.44. The van der Waals surface area contributed by atoms with Crippen molar-refractivity contribution in [1.82, 2.24) is 9.62 Å². The third kappa shape index (κ3) is 3.73. The molecule has 0 aliphatic carbocycles. The molecule has 1 amide bonds. The van der Waals surface area contributed by atoms with Crippen molar-refractivity contribution in [2.75, 3.05) is 19.7 Å². The molecule has 2 aliphatic rings. The van der Waals surface area contributed by atoms with Crippen LogP contribution in [0.3, 0.4) is 0 Å². The molecule has 2 saturated heterocycles.